The van der Waals surface area contributed by atoms with E-state index in [0.717, 1.165) is 22.2 Å². The van der Waals surface area contributed by atoms with Crippen molar-refractivity contribution in [3.63, 3.8) is 0 Å². The Kier molecular flexibility index (Phi) is 7.02. The van der Waals surface area contributed by atoms with Gasteiger partial charge in [0.2, 0.25) is 5.91 Å². The van der Waals surface area contributed by atoms with E-state index >= 15 is 0 Å². The van der Waals surface area contributed by atoms with Gasteiger partial charge in [-0.05, 0) is 74.0 Å². The standard InChI is InChI=1S/C23H24N2O5S/c1-14(2)30-18-9-8-16(11-19(18)29-4)12-20-22(27)25(23(28)31-20)13-21(26)24-17-7-5-6-15(3)10-17/h5-12,14H,13H2,1-4H3,(H,24,26)/b20-12+. The summed E-state index contributed by atoms with van der Waals surface area (Å²) < 4.78 is 11.1. The number of carbonyl (C=O) groups is 3. The SMILES string of the molecule is COc1cc(/C=C2/SC(=O)N(CC(=O)Nc3cccc(C)c3)C2=O)ccc1OC(C)C. The monoisotopic (exact) mass is 440 g/mol. The van der Waals surface area contributed by atoms with Crippen molar-refractivity contribution in [1.29, 1.82) is 0 Å². The number of hydrogen-bond acceptors (Lipinski definition) is 6. The predicted molar refractivity (Wildman–Crippen MR) is 121 cm³/mol. The van der Waals surface area contributed by atoms with Crippen molar-refractivity contribution < 1.29 is 23.9 Å². The molecule has 1 N–H and O–H groups in total. The molecule has 0 bridgehead atoms. The Labute approximate surface area is 185 Å². The van der Waals surface area contributed by atoms with Crippen molar-refractivity contribution in [2.45, 2.75) is 26.9 Å². The van der Waals surface area contributed by atoms with Crippen LogP contribution in [-0.4, -0.2) is 41.7 Å². The second kappa shape index (κ2) is 9.70. The molecule has 0 aromatic heterocycles. The first-order valence-electron chi connectivity index (χ1n) is 9.73. The fourth-order valence-corrected chi connectivity index (χ4v) is 3.82. The number of methoxy groups -OCH3 is 1. The highest BCUT2D eigenvalue weighted by Crippen LogP contribution is 2.34. The number of imide groups is 1. The molecule has 0 unspecified atom stereocenters. The summed E-state index contributed by atoms with van der Waals surface area (Å²) in [4.78, 5) is 38.5. The van der Waals surface area contributed by atoms with E-state index in [1.54, 1.807) is 30.3 Å². The molecule has 0 spiro atoms. The van der Waals surface area contributed by atoms with Crippen LogP contribution in [0.3, 0.4) is 0 Å². The summed E-state index contributed by atoms with van der Waals surface area (Å²) in [5, 5.41) is 2.22. The molecular formula is C23H24N2O5S. The molecule has 162 valence electrons. The highest BCUT2D eigenvalue weighted by Gasteiger charge is 2.36. The van der Waals surface area contributed by atoms with Gasteiger partial charge in [-0.3, -0.25) is 19.3 Å². The predicted octanol–water partition coefficient (Wildman–Crippen LogP) is 4.47. The number of nitrogens with zero attached hydrogens (tertiary/aromatic N) is 1. The van der Waals surface area contributed by atoms with Gasteiger partial charge in [-0.2, -0.15) is 0 Å². The van der Waals surface area contributed by atoms with Crippen molar-refractivity contribution >= 4 is 40.6 Å². The minimum atomic E-state index is -0.504. The molecule has 1 aliphatic rings. The molecule has 1 saturated heterocycles. The Hall–Kier alpha value is -3.26. The Morgan fingerprint density at radius 3 is 2.61 bits per heavy atom. The number of thioether (sulfide) groups is 1. The molecule has 0 radical (unpaired) electrons. The van der Waals surface area contributed by atoms with Gasteiger partial charge in [0.1, 0.15) is 6.54 Å². The number of rotatable bonds is 7. The topological polar surface area (TPSA) is 84.9 Å². The van der Waals surface area contributed by atoms with Crippen LogP contribution in [0.2, 0.25) is 0 Å². The summed E-state index contributed by atoms with van der Waals surface area (Å²) in [7, 11) is 1.53. The molecule has 7 nitrogen and oxygen atoms in total. The number of benzene rings is 2. The number of amides is 3. The van der Waals surface area contributed by atoms with Gasteiger partial charge >= 0.3 is 0 Å². The van der Waals surface area contributed by atoms with E-state index in [4.69, 9.17) is 9.47 Å². The number of hydrogen-bond donors (Lipinski definition) is 1. The van der Waals surface area contributed by atoms with E-state index in [9.17, 15) is 14.4 Å². The van der Waals surface area contributed by atoms with E-state index in [-0.39, 0.29) is 17.6 Å². The number of carbonyl (C=O) groups excluding carboxylic acids is 3. The molecule has 1 aliphatic heterocycles. The van der Waals surface area contributed by atoms with Crippen LogP contribution in [0.1, 0.15) is 25.0 Å². The van der Waals surface area contributed by atoms with Gasteiger partial charge in [0.05, 0.1) is 18.1 Å². The maximum absolute atomic E-state index is 12.7. The fraction of sp³-hybridized carbons (Fsp3) is 0.261. The highest BCUT2D eigenvalue weighted by atomic mass is 32.2. The molecule has 2 aromatic carbocycles. The van der Waals surface area contributed by atoms with Crippen LogP contribution < -0.4 is 14.8 Å². The van der Waals surface area contributed by atoms with Crippen molar-refractivity contribution in [3.05, 3.63) is 58.5 Å². The molecule has 0 atom stereocenters. The largest absolute Gasteiger partial charge is 0.493 e. The first-order chi connectivity index (χ1) is 14.8. The first kappa shape index (κ1) is 22.4. The smallest absolute Gasteiger partial charge is 0.294 e. The van der Waals surface area contributed by atoms with Gasteiger partial charge < -0.3 is 14.8 Å². The third kappa shape index (κ3) is 5.67. The number of ether oxygens (including phenoxy) is 2. The van der Waals surface area contributed by atoms with E-state index in [1.165, 1.54) is 7.11 Å². The second-order valence-corrected chi connectivity index (χ2v) is 8.26. The number of aryl methyl sites for hydroxylation is 1. The summed E-state index contributed by atoms with van der Waals surface area (Å²) in [6.45, 7) is 5.39. The average Bonchev–Trinajstić information content (AvgIpc) is 2.96. The van der Waals surface area contributed by atoms with Crippen molar-refractivity contribution in [2.24, 2.45) is 0 Å². The zero-order valence-corrected chi connectivity index (χ0v) is 18.6. The minimum absolute atomic E-state index is 0.0119. The summed E-state index contributed by atoms with van der Waals surface area (Å²) >= 11 is 0.802. The van der Waals surface area contributed by atoms with E-state index < -0.39 is 17.1 Å². The molecule has 0 aliphatic carbocycles. The van der Waals surface area contributed by atoms with Crippen LogP contribution in [0.5, 0.6) is 11.5 Å². The highest BCUT2D eigenvalue weighted by molar-refractivity contribution is 8.18. The lowest BCUT2D eigenvalue weighted by atomic mass is 10.2. The normalized spacial score (nSPS) is 15.0. The quantitative estimate of drug-likeness (QED) is 0.640. The Morgan fingerprint density at radius 1 is 1.16 bits per heavy atom. The lowest BCUT2D eigenvalue weighted by Crippen LogP contribution is -2.36. The maximum atomic E-state index is 12.7. The summed E-state index contributed by atoms with van der Waals surface area (Å²) in [5.41, 5.74) is 2.29. The molecule has 1 heterocycles. The van der Waals surface area contributed by atoms with Gasteiger partial charge in [-0.15, -0.1) is 0 Å². The average molecular weight is 441 g/mol. The molecule has 3 amide bonds. The lowest BCUT2D eigenvalue weighted by Gasteiger charge is -2.14. The van der Waals surface area contributed by atoms with Crippen LogP contribution in [0.25, 0.3) is 6.08 Å². The third-order valence-electron chi connectivity index (χ3n) is 4.33. The molecule has 31 heavy (non-hydrogen) atoms. The van der Waals surface area contributed by atoms with Gasteiger partial charge in [0, 0.05) is 5.69 Å². The fourth-order valence-electron chi connectivity index (χ4n) is 2.98. The van der Waals surface area contributed by atoms with Crippen molar-refractivity contribution in [3.8, 4) is 11.5 Å². The summed E-state index contributed by atoms with van der Waals surface area (Å²) in [6.07, 6.45) is 1.59. The molecule has 1 fully saturated rings. The maximum Gasteiger partial charge on any atom is 0.294 e. The third-order valence-corrected chi connectivity index (χ3v) is 5.23. The van der Waals surface area contributed by atoms with Crippen LogP contribution in [-0.2, 0) is 9.59 Å². The number of nitrogens with one attached hydrogen (secondary N) is 1. The van der Waals surface area contributed by atoms with Gasteiger partial charge in [-0.25, -0.2) is 0 Å². The molecule has 3 rings (SSSR count). The molecular weight excluding hydrogens is 416 g/mol. The molecule has 2 aromatic rings. The van der Waals surface area contributed by atoms with Crippen LogP contribution in [0.4, 0.5) is 10.5 Å². The van der Waals surface area contributed by atoms with Crippen LogP contribution in [0, 0.1) is 6.92 Å². The van der Waals surface area contributed by atoms with Crippen LogP contribution >= 0.6 is 11.8 Å². The Morgan fingerprint density at radius 2 is 1.94 bits per heavy atom. The minimum Gasteiger partial charge on any atom is -0.493 e. The first-order valence-corrected chi connectivity index (χ1v) is 10.5. The molecule has 8 heteroatoms. The van der Waals surface area contributed by atoms with E-state index in [1.807, 2.05) is 39.0 Å². The zero-order chi connectivity index (χ0) is 22.5. The van der Waals surface area contributed by atoms with Crippen molar-refractivity contribution in [2.75, 3.05) is 19.0 Å². The molecule has 0 saturated carbocycles. The Balaban J connectivity index is 1.72. The van der Waals surface area contributed by atoms with Gasteiger partial charge in [-0.1, -0.05) is 18.2 Å². The summed E-state index contributed by atoms with van der Waals surface area (Å²) in [5.74, 6) is 0.177. The van der Waals surface area contributed by atoms with Gasteiger partial charge in [0.25, 0.3) is 11.1 Å². The van der Waals surface area contributed by atoms with Crippen LogP contribution in [0.15, 0.2) is 47.4 Å². The second-order valence-electron chi connectivity index (χ2n) is 7.26. The van der Waals surface area contributed by atoms with E-state index in [2.05, 4.69) is 5.32 Å². The number of anilines is 1. The Bertz CT molecular complexity index is 1050. The summed E-state index contributed by atoms with van der Waals surface area (Å²) in [6, 6.07) is 12.6. The zero-order valence-electron chi connectivity index (χ0n) is 17.8. The van der Waals surface area contributed by atoms with Crippen molar-refractivity contribution in [1.82, 2.24) is 4.90 Å². The lowest BCUT2D eigenvalue weighted by molar-refractivity contribution is -0.127. The van der Waals surface area contributed by atoms with E-state index in [0.29, 0.717) is 22.7 Å². The van der Waals surface area contributed by atoms with Gasteiger partial charge in [0.15, 0.2) is 11.5 Å².